The van der Waals surface area contributed by atoms with Gasteiger partial charge in [0.2, 0.25) is 0 Å². The van der Waals surface area contributed by atoms with Crippen LogP contribution in [0.1, 0.15) is 11.1 Å². The van der Waals surface area contributed by atoms with E-state index in [0.29, 0.717) is 41.6 Å². The third-order valence-electron chi connectivity index (χ3n) is 4.05. The van der Waals surface area contributed by atoms with Gasteiger partial charge in [0.25, 0.3) is 5.69 Å². The van der Waals surface area contributed by atoms with Crippen LogP contribution in [0, 0.1) is 21.4 Å². The Hall–Kier alpha value is -3.61. The van der Waals surface area contributed by atoms with Crippen molar-refractivity contribution in [3.8, 4) is 23.3 Å². The molecule has 0 saturated carbocycles. The summed E-state index contributed by atoms with van der Waals surface area (Å²) in [6.07, 6.45) is 1.51. The third kappa shape index (κ3) is 5.94. The summed E-state index contributed by atoms with van der Waals surface area (Å²) in [5, 5.41) is 20.9. The van der Waals surface area contributed by atoms with Gasteiger partial charge in [-0.1, -0.05) is 0 Å². The molecule has 0 fully saturated rings. The van der Waals surface area contributed by atoms with Gasteiger partial charge in [0.15, 0.2) is 18.3 Å². The molecule has 9 nitrogen and oxygen atoms in total. The molecule has 0 unspecified atom stereocenters. The number of hydrogen-bond donors (Lipinski definition) is 0. The average Bonchev–Trinajstić information content (AvgIpc) is 2.77. The Morgan fingerprint density at radius 1 is 1.07 bits per heavy atom. The molecular formula is C21H22N2O7. The van der Waals surface area contributed by atoms with Crippen LogP contribution in [0.3, 0.4) is 0 Å². The highest BCUT2D eigenvalue weighted by molar-refractivity contribution is 5.91. The van der Waals surface area contributed by atoms with Gasteiger partial charge in [-0.25, -0.2) is 0 Å². The number of rotatable bonds is 11. The fraction of sp³-hybridized carbons (Fsp3) is 0.286. The topological polar surface area (TPSA) is 113 Å². The fourth-order valence-electron chi connectivity index (χ4n) is 2.54. The number of nitrogens with zero attached hydrogens (tertiary/aromatic N) is 2. The lowest BCUT2D eigenvalue weighted by Gasteiger charge is -2.11. The highest BCUT2D eigenvalue weighted by Crippen LogP contribution is 2.33. The minimum absolute atomic E-state index is 0.0692. The van der Waals surface area contributed by atoms with E-state index in [0.717, 1.165) is 0 Å². The Kier molecular flexibility index (Phi) is 8.62. The van der Waals surface area contributed by atoms with Gasteiger partial charge in [0.05, 0.1) is 44.0 Å². The summed E-state index contributed by atoms with van der Waals surface area (Å²) in [6.45, 7) is 0.679. The molecule has 0 atom stereocenters. The average molecular weight is 414 g/mol. The van der Waals surface area contributed by atoms with Crippen LogP contribution < -0.4 is 14.2 Å². The molecule has 0 amide bonds. The Labute approximate surface area is 174 Å². The van der Waals surface area contributed by atoms with Gasteiger partial charge in [-0.15, -0.1) is 0 Å². The van der Waals surface area contributed by atoms with Crippen LogP contribution in [0.2, 0.25) is 0 Å². The van der Waals surface area contributed by atoms with Gasteiger partial charge >= 0.3 is 0 Å². The number of nitro benzene ring substituents is 1. The van der Waals surface area contributed by atoms with E-state index in [1.807, 2.05) is 0 Å². The summed E-state index contributed by atoms with van der Waals surface area (Å²) in [5.74, 6) is 1.32. The minimum atomic E-state index is -0.515. The lowest BCUT2D eigenvalue weighted by atomic mass is 10.0. The number of allylic oxidation sites excluding steroid dienone is 1. The second-order valence-electron chi connectivity index (χ2n) is 5.88. The van der Waals surface area contributed by atoms with Gasteiger partial charge in [0.1, 0.15) is 5.75 Å². The van der Waals surface area contributed by atoms with Crippen molar-refractivity contribution >= 4 is 17.3 Å². The summed E-state index contributed by atoms with van der Waals surface area (Å²) in [4.78, 5) is 10.7. The molecular weight excluding hydrogens is 392 g/mol. The van der Waals surface area contributed by atoms with Crippen LogP contribution in [0.25, 0.3) is 11.6 Å². The molecule has 158 valence electrons. The van der Waals surface area contributed by atoms with E-state index in [1.165, 1.54) is 38.5 Å². The number of benzene rings is 2. The minimum Gasteiger partial charge on any atom is -0.493 e. The molecule has 9 heteroatoms. The van der Waals surface area contributed by atoms with Crippen molar-refractivity contribution < 1.29 is 28.6 Å². The SMILES string of the molecule is COCCOCOc1ccc([N+](=O)[O-])cc1/C=C(\C#N)c1ccc(OC)c(OC)c1. The van der Waals surface area contributed by atoms with Crippen molar-refractivity contribution in [2.75, 3.05) is 41.3 Å². The van der Waals surface area contributed by atoms with Crippen molar-refractivity contribution in [2.24, 2.45) is 0 Å². The van der Waals surface area contributed by atoms with Gasteiger partial charge in [0, 0.05) is 24.8 Å². The second-order valence-corrected chi connectivity index (χ2v) is 5.88. The lowest BCUT2D eigenvalue weighted by molar-refractivity contribution is -0.384. The number of methoxy groups -OCH3 is 3. The molecule has 0 spiro atoms. The first-order valence-electron chi connectivity index (χ1n) is 8.86. The number of ether oxygens (including phenoxy) is 5. The maximum Gasteiger partial charge on any atom is 0.270 e. The number of nitro groups is 1. The Morgan fingerprint density at radius 3 is 2.43 bits per heavy atom. The molecule has 0 aliphatic heterocycles. The lowest BCUT2D eigenvalue weighted by Crippen LogP contribution is -2.08. The highest BCUT2D eigenvalue weighted by atomic mass is 16.7. The van der Waals surface area contributed by atoms with Crippen molar-refractivity contribution in [2.45, 2.75) is 0 Å². The molecule has 2 aromatic carbocycles. The molecule has 0 N–H and O–H groups in total. The predicted octanol–water partition coefficient (Wildman–Crippen LogP) is 3.68. The smallest absolute Gasteiger partial charge is 0.270 e. The molecule has 2 aromatic rings. The first-order valence-corrected chi connectivity index (χ1v) is 8.86. The Morgan fingerprint density at radius 2 is 1.80 bits per heavy atom. The summed E-state index contributed by atoms with van der Waals surface area (Å²) in [5.41, 5.74) is 1.06. The van der Waals surface area contributed by atoms with E-state index in [4.69, 9.17) is 23.7 Å². The van der Waals surface area contributed by atoms with Gasteiger partial charge in [-0.2, -0.15) is 5.26 Å². The van der Waals surface area contributed by atoms with Crippen LogP contribution in [-0.2, 0) is 9.47 Å². The summed E-state index contributed by atoms with van der Waals surface area (Å²) >= 11 is 0. The number of nitriles is 1. The van der Waals surface area contributed by atoms with Crippen LogP contribution in [0.5, 0.6) is 17.2 Å². The molecule has 2 rings (SSSR count). The van der Waals surface area contributed by atoms with Crippen LogP contribution >= 0.6 is 0 Å². The monoisotopic (exact) mass is 414 g/mol. The quantitative estimate of drug-likeness (QED) is 0.137. The van der Waals surface area contributed by atoms with Gasteiger partial charge < -0.3 is 23.7 Å². The summed E-state index contributed by atoms with van der Waals surface area (Å²) in [6, 6.07) is 11.3. The summed E-state index contributed by atoms with van der Waals surface area (Å²) < 4.78 is 26.2. The first-order chi connectivity index (χ1) is 14.5. The number of non-ortho nitro benzene ring substituents is 1. The zero-order valence-corrected chi connectivity index (χ0v) is 16.9. The molecule has 0 aromatic heterocycles. The molecule has 0 aliphatic carbocycles. The fourth-order valence-corrected chi connectivity index (χ4v) is 2.54. The van der Waals surface area contributed by atoms with E-state index in [-0.39, 0.29) is 18.1 Å². The molecule has 0 radical (unpaired) electrons. The first kappa shape index (κ1) is 22.7. The van der Waals surface area contributed by atoms with Gasteiger partial charge in [-0.05, 0) is 35.9 Å². The molecule has 0 aliphatic rings. The maximum atomic E-state index is 11.2. The normalized spacial score (nSPS) is 10.9. The second kappa shape index (κ2) is 11.4. The molecule has 0 saturated heterocycles. The Balaban J connectivity index is 2.40. The Bertz CT molecular complexity index is 951. The highest BCUT2D eigenvalue weighted by Gasteiger charge is 2.13. The maximum absolute atomic E-state index is 11.2. The van der Waals surface area contributed by atoms with E-state index < -0.39 is 4.92 Å². The standard InChI is InChI=1S/C21H22N2O7/c1-26-8-9-29-14-30-19-7-5-18(23(24)25)11-16(19)10-17(13-22)15-4-6-20(27-2)21(12-15)28-3/h4-7,10-12H,8-9,14H2,1-3H3/b17-10+. The van der Waals surface area contributed by atoms with Gasteiger partial charge in [-0.3, -0.25) is 10.1 Å². The van der Waals surface area contributed by atoms with Crippen LogP contribution in [0.4, 0.5) is 5.69 Å². The van der Waals surface area contributed by atoms with Crippen molar-refractivity contribution in [3.05, 3.63) is 57.6 Å². The van der Waals surface area contributed by atoms with Crippen LogP contribution in [-0.4, -0.2) is 46.3 Å². The summed E-state index contributed by atoms with van der Waals surface area (Å²) in [7, 11) is 4.56. The van der Waals surface area contributed by atoms with Crippen LogP contribution in [0.15, 0.2) is 36.4 Å². The zero-order valence-electron chi connectivity index (χ0n) is 16.9. The van der Waals surface area contributed by atoms with Crippen molar-refractivity contribution in [3.63, 3.8) is 0 Å². The molecule has 0 heterocycles. The largest absolute Gasteiger partial charge is 0.493 e. The zero-order chi connectivity index (χ0) is 21.9. The van der Waals surface area contributed by atoms with E-state index >= 15 is 0 Å². The van der Waals surface area contributed by atoms with E-state index in [9.17, 15) is 15.4 Å². The molecule has 30 heavy (non-hydrogen) atoms. The van der Waals surface area contributed by atoms with E-state index in [1.54, 1.807) is 25.3 Å². The number of hydrogen-bond acceptors (Lipinski definition) is 8. The van der Waals surface area contributed by atoms with Crippen molar-refractivity contribution in [1.82, 2.24) is 0 Å². The van der Waals surface area contributed by atoms with E-state index in [2.05, 4.69) is 6.07 Å². The third-order valence-corrected chi connectivity index (χ3v) is 4.05. The van der Waals surface area contributed by atoms with Crippen molar-refractivity contribution in [1.29, 1.82) is 5.26 Å². The predicted molar refractivity (Wildman–Crippen MR) is 109 cm³/mol. The molecule has 0 bridgehead atoms.